The molecule has 2 heterocycles. The molecule has 0 bridgehead atoms. The van der Waals surface area contributed by atoms with Gasteiger partial charge in [-0.15, -0.1) is 0 Å². The van der Waals surface area contributed by atoms with Gasteiger partial charge in [0.25, 0.3) is 0 Å². The highest BCUT2D eigenvalue weighted by molar-refractivity contribution is 6.31. The van der Waals surface area contributed by atoms with E-state index in [9.17, 15) is 4.79 Å². The summed E-state index contributed by atoms with van der Waals surface area (Å²) in [4.78, 5) is 19.9. The summed E-state index contributed by atoms with van der Waals surface area (Å²) in [5, 5.41) is 9.50. The summed E-state index contributed by atoms with van der Waals surface area (Å²) < 4.78 is 1.88. The van der Waals surface area contributed by atoms with Gasteiger partial charge in [-0.3, -0.25) is 4.79 Å². The number of aromatic nitrogens is 3. The van der Waals surface area contributed by atoms with E-state index >= 15 is 0 Å². The molecule has 0 aliphatic rings. The minimum absolute atomic E-state index is 0.0350. The second-order valence-corrected chi connectivity index (χ2v) is 6.24. The summed E-state index contributed by atoms with van der Waals surface area (Å²) in [6.07, 6.45) is 3.15. The summed E-state index contributed by atoms with van der Waals surface area (Å²) in [7, 11) is 0. The van der Waals surface area contributed by atoms with E-state index in [1.165, 1.54) is 11.1 Å². The number of halogens is 1. The Labute approximate surface area is 144 Å². The number of imidazole rings is 1. The van der Waals surface area contributed by atoms with Gasteiger partial charge in [-0.05, 0) is 25.0 Å². The van der Waals surface area contributed by atoms with Gasteiger partial charge in [0.05, 0.1) is 11.4 Å². The maximum absolute atomic E-state index is 10.9. The van der Waals surface area contributed by atoms with Crippen LogP contribution in [0.15, 0.2) is 36.5 Å². The smallest absolute Gasteiger partial charge is 0.305 e. The molecule has 0 aliphatic heterocycles. The van der Waals surface area contributed by atoms with Crippen LogP contribution >= 0.6 is 11.6 Å². The van der Waals surface area contributed by atoms with Gasteiger partial charge in [-0.1, -0.05) is 41.4 Å². The first-order valence-electron chi connectivity index (χ1n) is 7.81. The third-order valence-corrected chi connectivity index (χ3v) is 4.14. The van der Waals surface area contributed by atoms with Gasteiger partial charge in [0.2, 0.25) is 0 Å². The van der Waals surface area contributed by atoms with E-state index in [2.05, 4.69) is 41.2 Å². The maximum atomic E-state index is 10.9. The number of hydrogen-bond donors (Lipinski definition) is 1. The second kappa shape index (κ2) is 7.01. The van der Waals surface area contributed by atoms with Crippen LogP contribution in [0.5, 0.6) is 0 Å². The molecular formula is C18H18ClN3O2. The van der Waals surface area contributed by atoms with Crippen LogP contribution < -0.4 is 0 Å². The lowest BCUT2D eigenvalue weighted by atomic mass is 10.1. The number of carbonyl (C=O) groups is 1. The summed E-state index contributed by atoms with van der Waals surface area (Å²) >= 11 is 5.99. The SMILES string of the molecule is Cc1ccc(CCc2nc3cc(Cl)cnc3n2CCC(=O)O)cc1. The summed E-state index contributed by atoms with van der Waals surface area (Å²) in [5.74, 6) is -0.00288. The zero-order valence-corrected chi connectivity index (χ0v) is 14.1. The Morgan fingerprint density at radius 2 is 2.00 bits per heavy atom. The molecule has 0 saturated carbocycles. The van der Waals surface area contributed by atoms with Gasteiger partial charge in [-0.2, -0.15) is 0 Å². The van der Waals surface area contributed by atoms with Gasteiger partial charge in [-0.25, -0.2) is 9.97 Å². The molecule has 0 amide bonds. The summed E-state index contributed by atoms with van der Waals surface area (Å²) in [5.41, 5.74) is 3.83. The van der Waals surface area contributed by atoms with E-state index in [0.717, 1.165) is 18.7 Å². The van der Waals surface area contributed by atoms with Crippen molar-refractivity contribution in [2.45, 2.75) is 32.7 Å². The summed E-state index contributed by atoms with van der Waals surface area (Å²) in [6, 6.07) is 10.1. The van der Waals surface area contributed by atoms with Crippen molar-refractivity contribution < 1.29 is 9.90 Å². The van der Waals surface area contributed by atoms with Crippen molar-refractivity contribution >= 4 is 28.7 Å². The zero-order chi connectivity index (χ0) is 17.1. The minimum Gasteiger partial charge on any atom is -0.481 e. The normalized spacial score (nSPS) is 11.1. The van der Waals surface area contributed by atoms with E-state index in [1.807, 2.05) is 4.57 Å². The Balaban J connectivity index is 1.88. The number of rotatable bonds is 6. The largest absolute Gasteiger partial charge is 0.481 e. The fraction of sp³-hybridized carbons (Fsp3) is 0.278. The van der Waals surface area contributed by atoms with Gasteiger partial charge in [0.15, 0.2) is 5.65 Å². The molecule has 0 unspecified atom stereocenters. The van der Waals surface area contributed by atoms with Crippen LogP contribution in [-0.4, -0.2) is 25.6 Å². The van der Waals surface area contributed by atoms with Crippen LogP contribution in [0.4, 0.5) is 0 Å². The van der Waals surface area contributed by atoms with E-state index in [-0.39, 0.29) is 6.42 Å². The van der Waals surface area contributed by atoms with E-state index in [0.29, 0.717) is 22.7 Å². The monoisotopic (exact) mass is 343 g/mol. The molecule has 6 heteroatoms. The van der Waals surface area contributed by atoms with E-state index < -0.39 is 5.97 Å². The van der Waals surface area contributed by atoms with Crippen LogP contribution in [0.1, 0.15) is 23.4 Å². The van der Waals surface area contributed by atoms with E-state index in [1.54, 1.807) is 12.3 Å². The lowest BCUT2D eigenvalue weighted by Gasteiger charge is -2.07. The van der Waals surface area contributed by atoms with Crippen molar-refractivity contribution in [3.8, 4) is 0 Å². The lowest BCUT2D eigenvalue weighted by Crippen LogP contribution is -2.09. The number of aliphatic carboxylic acids is 1. The number of nitrogens with zero attached hydrogens (tertiary/aromatic N) is 3. The Kier molecular flexibility index (Phi) is 4.81. The summed E-state index contributed by atoms with van der Waals surface area (Å²) in [6.45, 7) is 2.41. The molecule has 24 heavy (non-hydrogen) atoms. The Hall–Kier alpha value is -2.40. The van der Waals surface area contributed by atoms with Crippen molar-refractivity contribution in [2.24, 2.45) is 0 Å². The van der Waals surface area contributed by atoms with E-state index in [4.69, 9.17) is 16.7 Å². The first kappa shape index (κ1) is 16.5. The third-order valence-electron chi connectivity index (χ3n) is 3.94. The number of carboxylic acids is 1. The number of hydrogen-bond acceptors (Lipinski definition) is 3. The second-order valence-electron chi connectivity index (χ2n) is 5.81. The van der Waals surface area contributed by atoms with Crippen LogP contribution in [0.3, 0.4) is 0 Å². The fourth-order valence-corrected chi connectivity index (χ4v) is 2.83. The molecule has 3 rings (SSSR count). The molecule has 0 atom stereocenters. The van der Waals surface area contributed by atoms with Crippen LogP contribution in [0.2, 0.25) is 5.02 Å². The van der Waals surface area contributed by atoms with Gasteiger partial charge >= 0.3 is 5.97 Å². The highest BCUT2D eigenvalue weighted by atomic mass is 35.5. The molecule has 5 nitrogen and oxygen atoms in total. The number of carboxylic acid groups (broad SMARTS) is 1. The molecule has 0 saturated heterocycles. The number of pyridine rings is 1. The molecule has 0 radical (unpaired) electrons. The molecule has 2 aromatic heterocycles. The van der Waals surface area contributed by atoms with Crippen molar-refractivity contribution in [1.29, 1.82) is 0 Å². The minimum atomic E-state index is -0.838. The Morgan fingerprint density at radius 1 is 1.25 bits per heavy atom. The topological polar surface area (TPSA) is 68.0 Å². The lowest BCUT2D eigenvalue weighted by molar-refractivity contribution is -0.137. The zero-order valence-electron chi connectivity index (χ0n) is 13.4. The number of aryl methyl sites for hydroxylation is 4. The highest BCUT2D eigenvalue weighted by Gasteiger charge is 2.13. The standard InChI is InChI=1S/C18H18ClN3O2/c1-12-2-4-13(5-3-12)6-7-16-21-15-10-14(19)11-20-18(15)22(16)9-8-17(23)24/h2-5,10-11H,6-9H2,1H3,(H,23,24). The predicted molar refractivity (Wildman–Crippen MR) is 93.4 cm³/mol. The highest BCUT2D eigenvalue weighted by Crippen LogP contribution is 2.20. The van der Waals surface area contributed by atoms with Crippen molar-refractivity contribution in [2.75, 3.05) is 0 Å². The van der Waals surface area contributed by atoms with Crippen LogP contribution in [0.25, 0.3) is 11.2 Å². The number of benzene rings is 1. The number of fused-ring (bicyclic) bond motifs is 1. The molecule has 0 spiro atoms. The molecule has 1 aromatic carbocycles. The average Bonchev–Trinajstić information content (AvgIpc) is 2.89. The Morgan fingerprint density at radius 3 is 2.71 bits per heavy atom. The molecule has 3 aromatic rings. The van der Waals surface area contributed by atoms with Crippen molar-refractivity contribution in [3.63, 3.8) is 0 Å². The molecule has 0 fully saturated rings. The van der Waals surface area contributed by atoms with Gasteiger partial charge in [0.1, 0.15) is 11.3 Å². The van der Waals surface area contributed by atoms with Crippen molar-refractivity contribution in [3.05, 3.63) is 58.5 Å². The van der Waals surface area contributed by atoms with Gasteiger partial charge in [0, 0.05) is 19.2 Å². The van der Waals surface area contributed by atoms with Crippen molar-refractivity contribution in [1.82, 2.24) is 14.5 Å². The quantitative estimate of drug-likeness (QED) is 0.741. The Bertz CT molecular complexity index is 872. The molecular weight excluding hydrogens is 326 g/mol. The first-order valence-corrected chi connectivity index (χ1v) is 8.19. The first-order chi connectivity index (χ1) is 11.5. The third kappa shape index (κ3) is 3.74. The molecule has 1 N–H and O–H groups in total. The predicted octanol–water partition coefficient (Wildman–Crippen LogP) is 3.65. The molecule has 0 aliphatic carbocycles. The average molecular weight is 344 g/mol. The maximum Gasteiger partial charge on any atom is 0.305 e. The molecule has 124 valence electrons. The fourth-order valence-electron chi connectivity index (χ4n) is 2.68. The van der Waals surface area contributed by atoms with Gasteiger partial charge < -0.3 is 9.67 Å². The van der Waals surface area contributed by atoms with Crippen LogP contribution in [-0.2, 0) is 24.2 Å². The van der Waals surface area contributed by atoms with Crippen LogP contribution in [0, 0.1) is 6.92 Å².